The molecule has 1 N–H and O–H groups in total. The predicted octanol–water partition coefficient (Wildman–Crippen LogP) is 5.58. The highest BCUT2D eigenvalue weighted by Gasteiger charge is 2.35. The summed E-state index contributed by atoms with van der Waals surface area (Å²) in [5.41, 5.74) is 7.01. The lowest BCUT2D eigenvalue weighted by molar-refractivity contribution is 0.0603. The lowest BCUT2D eigenvalue weighted by Crippen LogP contribution is -2.40. The molecule has 0 saturated carbocycles. The maximum absolute atomic E-state index is 5.48. The molecule has 3 heteroatoms. The molecule has 0 amide bonds. The fourth-order valence-electron chi connectivity index (χ4n) is 3.10. The third kappa shape index (κ3) is 4.18. The summed E-state index contributed by atoms with van der Waals surface area (Å²) in [7, 11) is 1.68. The summed E-state index contributed by atoms with van der Waals surface area (Å²) in [4.78, 5) is 5.03. The summed E-state index contributed by atoms with van der Waals surface area (Å²) in [6, 6.07) is 31.7. The maximum atomic E-state index is 5.48. The van der Waals surface area contributed by atoms with Crippen LogP contribution in [-0.4, -0.2) is 12.9 Å². The van der Waals surface area contributed by atoms with Gasteiger partial charge < -0.3 is 4.84 Å². The van der Waals surface area contributed by atoms with E-state index in [0.717, 1.165) is 5.75 Å². The van der Waals surface area contributed by atoms with Crippen LogP contribution >= 0.6 is 11.8 Å². The van der Waals surface area contributed by atoms with Crippen molar-refractivity contribution in [3.8, 4) is 0 Å². The highest BCUT2D eigenvalue weighted by atomic mass is 32.2. The van der Waals surface area contributed by atoms with E-state index in [9.17, 15) is 0 Å². The molecule has 3 aromatic carbocycles. The van der Waals surface area contributed by atoms with Gasteiger partial charge in [0.2, 0.25) is 0 Å². The molecule has 1 atom stereocenters. The second kappa shape index (κ2) is 9.04. The summed E-state index contributed by atoms with van der Waals surface area (Å²) in [5, 5.41) is 0. The standard InChI is InChI=1S/C23H25NOS/c1-19(20-12-6-3-7-13-20)18-26-23(24-25-2,21-14-8-4-9-15-21)22-16-10-5-11-17-22/h3-17,19,24H,18H2,1-2H3. The van der Waals surface area contributed by atoms with Crippen LogP contribution in [0.4, 0.5) is 0 Å². The highest BCUT2D eigenvalue weighted by Crippen LogP contribution is 2.42. The average Bonchev–Trinajstić information content (AvgIpc) is 2.73. The normalized spacial score (nSPS) is 12.7. The molecule has 0 spiro atoms. The zero-order valence-corrected chi connectivity index (χ0v) is 16.1. The monoisotopic (exact) mass is 363 g/mol. The van der Waals surface area contributed by atoms with E-state index in [2.05, 4.69) is 91.3 Å². The van der Waals surface area contributed by atoms with Gasteiger partial charge in [0, 0.05) is 5.75 Å². The molecule has 0 heterocycles. The Kier molecular flexibility index (Phi) is 6.51. The molecule has 0 radical (unpaired) electrons. The zero-order valence-electron chi connectivity index (χ0n) is 15.3. The summed E-state index contributed by atoms with van der Waals surface area (Å²) < 4.78 is 0. The van der Waals surface area contributed by atoms with Crippen LogP contribution in [0.15, 0.2) is 91.0 Å². The Bertz CT molecular complexity index is 738. The Morgan fingerprint density at radius 1 is 0.808 bits per heavy atom. The van der Waals surface area contributed by atoms with Gasteiger partial charge in [0.15, 0.2) is 0 Å². The molecule has 0 aliphatic heterocycles. The molecule has 2 nitrogen and oxygen atoms in total. The lowest BCUT2D eigenvalue weighted by atomic mass is 9.98. The number of thioether (sulfide) groups is 1. The molecular weight excluding hydrogens is 338 g/mol. The van der Waals surface area contributed by atoms with E-state index >= 15 is 0 Å². The number of hydrogen-bond donors (Lipinski definition) is 1. The van der Waals surface area contributed by atoms with Crippen molar-refractivity contribution in [1.82, 2.24) is 5.48 Å². The van der Waals surface area contributed by atoms with E-state index in [1.54, 1.807) is 7.11 Å². The fourth-order valence-corrected chi connectivity index (χ4v) is 4.54. The molecular formula is C23H25NOS. The molecule has 1 unspecified atom stereocenters. The van der Waals surface area contributed by atoms with Crippen LogP contribution in [0.5, 0.6) is 0 Å². The molecule has 0 aliphatic rings. The van der Waals surface area contributed by atoms with Crippen molar-refractivity contribution >= 4 is 11.8 Å². The summed E-state index contributed by atoms with van der Waals surface area (Å²) in [6.45, 7) is 2.27. The van der Waals surface area contributed by atoms with E-state index in [1.165, 1.54) is 16.7 Å². The lowest BCUT2D eigenvalue weighted by Gasteiger charge is -2.35. The van der Waals surface area contributed by atoms with E-state index in [0.29, 0.717) is 5.92 Å². The first-order valence-electron chi connectivity index (χ1n) is 8.86. The molecule has 26 heavy (non-hydrogen) atoms. The third-order valence-corrected chi connectivity index (χ3v) is 6.18. The van der Waals surface area contributed by atoms with Gasteiger partial charge in [-0.1, -0.05) is 97.9 Å². The smallest absolute Gasteiger partial charge is 0.138 e. The molecule has 0 aliphatic carbocycles. The van der Waals surface area contributed by atoms with E-state index < -0.39 is 4.87 Å². The molecule has 0 aromatic heterocycles. The third-order valence-electron chi connectivity index (χ3n) is 4.52. The minimum Gasteiger partial charge on any atom is -0.303 e. The van der Waals surface area contributed by atoms with Crippen molar-refractivity contribution < 1.29 is 4.84 Å². The largest absolute Gasteiger partial charge is 0.303 e. The van der Waals surface area contributed by atoms with Gasteiger partial charge in [-0.15, -0.1) is 11.8 Å². The minimum atomic E-state index is -0.458. The van der Waals surface area contributed by atoms with Crippen LogP contribution < -0.4 is 5.48 Å². The molecule has 0 fully saturated rings. The first-order valence-corrected chi connectivity index (χ1v) is 9.85. The number of nitrogens with one attached hydrogen (secondary N) is 1. The second-order valence-electron chi connectivity index (χ2n) is 6.34. The van der Waals surface area contributed by atoms with E-state index in [1.807, 2.05) is 23.9 Å². The van der Waals surface area contributed by atoms with Gasteiger partial charge in [-0.2, -0.15) is 5.48 Å². The van der Waals surface area contributed by atoms with Gasteiger partial charge in [0.25, 0.3) is 0 Å². The quantitative estimate of drug-likeness (QED) is 0.417. The minimum absolute atomic E-state index is 0.437. The van der Waals surface area contributed by atoms with Gasteiger partial charge >= 0.3 is 0 Å². The van der Waals surface area contributed by atoms with Crippen LogP contribution in [0.25, 0.3) is 0 Å². The highest BCUT2D eigenvalue weighted by molar-refractivity contribution is 8.00. The molecule has 3 rings (SSSR count). The summed E-state index contributed by atoms with van der Waals surface area (Å²) in [6.07, 6.45) is 0. The molecule has 0 saturated heterocycles. The van der Waals surface area contributed by atoms with Crippen molar-refractivity contribution in [2.24, 2.45) is 0 Å². The van der Waals surface area contributed by atoms with Crippen molar-refractivity contribution in [3.63, 3.8) is 0 Å². The van der Waals surface area contributed by atoms with Crippen molar-refractivity contribution in [1.29, 1.82) is 0 Å². The Morgan fingerprint density at radius 3 is 1.73 bits per heavy atom. The Labute approximate surface area is 160 Å². The SMILES string of the molecule is CONC(SCC(C)c1ccccc1)(c1ccccc1)c1ccccc1. The van der Waals surface area contributed by atoms with Gasteiger partial charge in [-0.25, -0.2) is 0 Å². The molecule has 134 valence electrons. The Hall–Kier alpha value is -2.07. The first-order chi connectivity index (χ1) is 12.8. The summed E-state index contributed by atoms with van der Waals surface area (Å²) in [5.74, 6) is 1.40. The fraction of sp³-hybridized carbons (Fsp3) is 0.217. The topological polar surface area (TPSA) is 21.3 Å². The number of rotatable bonds is 8. The average molecular weight is 364 g/mol. The second-order valence-corrected chi connectivity index (χ2v) is 7.58. The van der Waals surface area contributed by atoms with Gasteiger partial charge in [-0.05, 0) is 22.6 Å². The van der Waals surface area contributed by atoms with Crippen molar-refractivity contribution in [2.75, 3.05) is 12.9 Å². The van der Waals surface area contributed by atoms with E-state index in [4.69, 9.17) is 4.84 Å². The van der Waals surface area contributed by atoms with Crippen LogP contribution in [-0.2, 0) is 9.71 Å². The molecule has 3 aromatic rings. The Balaban J connectivity index is 1.94. The van der Waals surface area contributed by atoms with Crippen molar-refractivity contribution in [2.45, 2.75) is 17.7 Å². The van der Waals surface area contributed by atoms with Gasteiger partial charge in [0.1, 0.15) is 4.87 Å². The molecule has 0 bridgehead atoms. The van der Waals surface area contributed by atoms with Crippen molar-refractivity contribution in [3.05, 3.63) is 108 Å². The van der Waals surface area contributed by atoms with Crippen LogP contribution in [0, 0.1) is 0 Å². The van der Waals surface area contributed by atoms with Gasteiger partial charge in [-0.3, -0.25) is 0 Å². The predicted molar refractivity (Wildman–Crippen MR) is 111 cm³/mol. The number of benzene rings is 3. The van der Waals surface area contributed by atoms with Crippen LogP contribution in [0.2, 0.25) is 0 Å². The van der Waals surface area contributed by atoms with Gasteiger partial charge in [0.05, 0.1) is 7.11 Å². The first kappa shape index (κ1) is 18.7. The maximum Gasteiger partial charge on any atom is 0.138 e. The van der Waals surface area contributed by atoms with E-state index in [-0.39, 0.29) is 0 Å². The summed E-state index contributed by atoms with van der Waals surface area (Å²) >= 11 is 1.87. The number of hydroxylamine groups is 1. The van der Waals surface area contributed by atoms with Crippen LogP contribution in [0.3, 0.4) is 0 Å². The van der Waals surface area contributed by atoms with Crippen LogP contribution in [0.1, 0.15) is 29.5 Å². The number of hydrogen-bond acceptors (Lipinski definition) is 3. The zero-order chi connectivity index (χ0) is 18.2. The Morgan fingerprint density at radius 2 is 1.27 bits per heavy atom.